The van der Waals surface area contributed by atoms with E-state index in [4.69, 9.17) is 0 Å². The molecule has 0 saturated heterocycles. The van der Waals surface area contributed by atoms with E-state index in [2.05, 4.69) is 27.8 Å². The Morgan fingerprint density at radius 2 is 1.10 bits per heavy atom. The highest BCUT2D eigenvalue weighted by molar-refractivity contribution is 4.24. The molecule has 0 aromatic rings. The lowest BCUT2D eigenvalue weighted by Crippen LogP contribution is -2.42. The molecular weight excluding hydrogens is 130 g/mol. The molecule has 0 aliphatic rings. The predicted octanol–water partition coefficient (Wildman–Crippen LogP) is 0.491. The Morgan fingerprint density at radius 3 is 1.10 bits per heavy atom. The van der Waals surface area contributed by atoms with Crippen molar-refractivity contribution in [1.29, 1.82) is 0 Å². The number of nitrogens with zero attached hydrogens (tertiary/aromatic N) is 1. The van der Waals surface area contributed by atoms with Gasteiger partial charge in [0.15, 0.2) is 0 Å². The molecule has 0 unspecified atom stereocenters. The first kappa shape index (κ1) is 16.5. The van der Waals surface area contributed by atoms with Crippen LogP contribution < -0.4 is 0 Å². The Bertz CT molecular complexity index is 54.4. The molecule has 0 heterocycles. The van der Waals surface area contributed by atoms with E-state index in [1.807, 2.05) is 0 Å². The van der Waals surface area contributed by atoms with Crippen molar-refractivity contribution in [3.8, 4) is 0 Å². The van der Waals surface area contributed by atoms with Gasteiger partial charge in [-0.3, -0.25) is 0 Å². The summed E-state index contributed by atoms with van der Waals surface area (Å²) in [5.74, 6) is 0. The van der Waals surface area contributed by atoms with Gasteiger partial charge in [0.25, 0.3) is 0 Å². The maximum absolute atomic E-state index is 2.29. The van der Waals surface area contributed by atoms with E-state index in [1.165, 1.54) is 24.1 Å². The fourth-order valence-corrected chi connectivity index (χ4v) is 0.671. The van der Waals surface area contributed by atoms with E-state index >= 15 is 0 Å². The molecule has 0 rings (SSSR count). The van der Waals surface area contributed by atoms with Crippen LogP contribution in [-0.4, -0.2) is 42.1 Å². The minimum atomic E-state index is 0. The molecule has 3 N–H and O–H groups in total. The average molecular weight is 151 g/mol. The summed E-state index contributed by atoms with van der Waals surface area (Å²) in [6, 6.07) is 0. The molecule has 3 heteroatoms. The van der Waals surface area contributed by atoms with Crippen molar-refractivity contribution in [2.45, 2.75) is 20.8 Å². The van der Waals surface area contributed by atoms with Crippen LogP contribution in [0.5, 0.6) is 0 Å². The zero-order chi connectivity index (χ0) is 6.62. The van der Waals surface area contributed by atoms with Gasteiger partial charge < -0.3 is 15.4 Å². The lowest BCUT2D eigenvalue weighted by Gasteiger charge is -2.30. The first-order chi connectivity index (χ1) is 3.68. The molecule has 0 aliphatic carbocycles. The van der Waals surface area contributed by atoms with Crippen molar-refractivity contribution >= 4 is 0 Å². The molecule has 66 valence electrons. The van der Waals surface area contributed by atoms with Crippen LogP contribution >= 0.6 is 0 Å². The molecule has 0 aromatic carbocycles. The molecule has 0 radical (unpaired) electrons. The summed E-state index contributed by atoms with van der Waals surface area (Å²) in [5.41, 5.74) is 0. The monoisotopic (exact) mass is 151 g/mol. The van der Waals surface area contributed by atoms with Crippen molar-refractivity contribution in [3.05, 3.63) is 0 Å². The second-order valence-electron chi connectivity index (χ2n) is 2.57. The van der Waals surface area contributed by atoms with Crippen molar-refractivity contribution in [2.24, 2.45) is 0 Å². The van der Waals surface area contributed by atoms with Gasteiger partial charge in [-0.05, 0) is 20.8 Å². The Balaban J connectivity index is -0.000000245. The zero-order valence-corrected chi connectivity index (χ0v) is 7.52. The SMILES string of the molecule is CC[N+](C)(CC)CC.O.[OH-]. The van der Waals surface area contributed by atoms with Gasteiger partial charge in [-0.25, -0.2) is 0 Å². The number of quaternary nitrogens is 1. The minimum absolute atomic E-state index is 0. The fourth-order valence-electron chi connectivity index (χ4n) is 0.671. The predicted molar refractivity (Wildman–Crippen MR) is 43.4 cm³/mol. The first-order valence-corrected chi connectivity index (χ1v) is 3.52. The van der Waals surface area contributed by atoms with Gasteiger partial charge in [0.2, 0.25) is 0 Å². The summed E-state index contributed by atoms with van der Waals surface area (Å²) in [5, 5.41) is 0. The maximum atomic E-state index is 2.29. The molecule has 0 saturated carbocycles. The summed E-state index contributed by atoms with van der Waals surface area (Å²) in [4.78, 5) is 0. The van der Waals surface area contributed by atoms with Crippen LogP contribution in [0, 0.1) is 0 Å². The van der Waals surface area contributed by atoms with Crippen molar-refractivity contribution in [1.82, 2.24) is 0 Å². The smallest absolute Gasteiger partial charge is 0.0755 e. The second-order valence-corrected chi connectivity index (χ2v) is 2.57. The second kappa shape index (κ2) is 6.99. The van der Waals surface area contributed by atoms with Gasteiger partial charge in [0.05, 0.1) is 26.7 Å². The van der Waals surface area contributed by atoms with Gasteiger partial charge in [0, 0.05) is 0 Å². The fraction of sp³-hybridized carbons (Fsp3) is 1.00. The summed E-state index contributed by atoms with van der Waals surface area (Å²) in [6.45, 7) is 10.5. The maximum Gasteiger partial charge on any atom is 0.0755 e. The summed E-state index contributed by atoms with van der Waals surface area (Å²) in [6.07, 6.45) is 0. The molecule has 0 spiro atoms. The number of hydrogen-bond donors (Lipinski definition) is 0. The first-order valence-electron chi connectivity index (χ1n) is 3.52. The zero-order valence-electron chi connectivity index (χ0n) is 7.52. The van der Waals surface area contributed by atoms with E-state index in [-0.39, 0.29) is 11.0 Å². The van der Waals surface area contributed by atoms with E-state index in [0.717, 1.165) is 0 Å². The van der Waals surface area contributed by atoms with Gasteiger partial charge in [0.1, 0.15) is 0 Å². The van der Waals surface area contributed by atoms with Gasteiger partial charge >= 0.3 is 0 Å². The van der Waals surface area contributed by atoms with Gasteiger partial charge in [-0.15, -0.1) is 0 Å². The van der Waals surface area contributed by atoms with Crippen LogP contribution in [0.1, 0.15) is 20.8 Å². The van der Waals surface area contributed by atoms with E-state index < -0.39 is 0 Å². The summed E-state index contributed by atoms with van der Waals surface area (Å²) < 4.78 is 1.21. The van der Waals surface area contributed by atoms with E-state index in [9.17, 15) is 0 Å². The third-order valence-corrected chi connectivity index (χ3v) is 2.29. The molecule has 0 bridgehead atoms. The molecular formula is C7H21NO2. The van der Waals surface area contributed by atoms with Gasteiger partial charge in [-0.1, -0.05) is 0 Å². The lowest BCUT2D eigenvalue weighted by atomic mass is 10.4. The Hall–Kier alpha value is -0.120. The van der Waals surface area contributed by atoms with Gasteiger partial charge in [-0.2, -0.15) is 0 Å². The molecule has 0 aromatic heterocycles. The van der Waals surface area contributed by atoms with E-state index in [1.54, 1.807) is 0 Å². The molecule has 3 nitrogen and oxygen atoms in total. The topological polar surface area (TPSA) is 61.5 Å². The third kappa shape index (κ3) is 4.73. The Labute approximate surface area is 63.9 Å². The summed E-state index contributed by atoms with van der Waals surface area (Å²) in [7, 11) is 2.29. The van der Waals surface area contributed by atoms with Crippen LogP contribution in [0.3, 0.4) is 0 Å². The highest BCUT2D eigenvalue weighted by atomic mass is 16.0. The van der Waals surface area contributed by atoms with Crippen LogP contribution in [0.25, 0.3) is 0 Å². The molecule has 0 aliphatic heterocycles. The molecule has 0 atom stereocenters. The van der Waals surface area contributed by atoms with Crippen LogP contribution in [-0.2, 0) is 0 Å². The molecule has 0 fully saturated rings. The standard InChI is InChI=1S/C7H18N.2H2O/c1-5-8(4,6-2)7-3;;/h5-7H2,1-4H3;2*1H2/q+1;;/p-1. The van der Waals surface area contributed by atoms with Crippen LogP contribution in [0.15, 0.2) is 0 Å². The van der Waals surface area contributed by atoms with E-state index in [0.29, 0.717) is 0 Å². The number of rotatable bonds is 3. The molecule has 0 amide bonds. The van der Waals surface area contributed by atoms with Crippen molar-refractivity contribution < 1.29 is 15.4 Å². The minimum Gasteiger partial charge on any atom is -0.870 e. The number of hydrogen-bond acceptors (Lipinski definition) is 1. The third-order valence-electron chi connectivity index (χ3n) is 2.29. The Morgan fingerprint density at radius 1 is 0.900 bits per heavy atom. The quantitative estimate of drug-likeness (QED) is 0.541. The Kier molecular flexibility index (Phi) is 11.5. The molecule has 10 heavy (non-hydrogen) atoms. The highest BCUT2D eigenvalue weighted by Gasteiger charge is 2.10. The highest BCUT2D eigenvalue weighted by Crippen LogP contribution is 1.97. The van der Waals surface area contributed by atoms with Crippen molar-refractivity contribution in [3.63, 3.8) is 0 Å². The normalized spacial score (nSPS) is 9.60. The van der Waals surface area contributed by atoms with Crippen molar-refractivity contribution in [2.75, 3.05) is 26.7 Å². The summed E-state index contributed by atoms with van der Waals surface area (Å²) >= 11 is 0. The average Bonchev–Trinajstić information content (AvgIpc) is 1.87. The van der Waals surface area contributed by atoms with Crippen LogP contribution in [0.2, 0.25) is 0 Å². The lowest BCUT2D eigenvalue weighted by molar-refractivity contribution is -0.904. The largest absolute Gasteiger partial charge is 0.870 e. The van der Waals surface area contributed by atoms with Crippen LogP contribution in [0.4, 0.5) is 0 Å².